The molecule has 0 bridgehead atoms. The zero-order valence-electron chi connectivity index (χ0n) is 11.1. The number of nitrogens with two attached hydrogens (primary N) is 1. The van der Waals surface area contributed by atoms with Crippen LogP contribution in [0.1, 0.15) is 27.2 Å². The molecule has 2 aromatic heterocycles. The van der Waals surface area contributed by atoms with E-state index in [9.17, 15) is 8.42 Å². The maximum Gasteiger partial charge on any atom is 0.260 e. The second kappa shape index (κ2) is 5.10. The number of thiazole rings is 1. The number of aromatic nitrogens is 2. The Kier molecular flexibility index (Phi) is 3.84. The van der Waals surface area contributed by atoms with Crippen molar-refractivity contribution in [2.24, 2.45) is 5.92 Å². The predicted molar refractivity (Wildman–Crippen MR) is 76.7 cm³/mol. The summed E-state index contributed by atoms with van der Waals surface area (Å²) in [6, 6.07) is -0.117. The Morgan fingerprint density at radius 2 is 2.21 bits per heavy atom. The second-order valence-electron chi connectivity index (χ2n) is 4.74. The van der Waals surface area contributed by atoms with Gasteiger partial charge in [0.05, 0.1) is 0 Å². The Labute approximate surface area is 116 Å². The van der Waals surface area contributed by atoms with Gasteiger partial charge in [-0.25, -0.2) is 18.1 Å². The Balaban J connectivity index is 2.44. The Bertz CT molecular complexity index is 672. The molecule has 0 aliphatic carbocycles. The summed E-state index contributed by atoms with van der Waals surface area (Å²) in [6.07, 6.45) is 2.39. The number of hydrogen-bond donors (Lipinski definition) is 2. The summed E-state index contributed by atoms with van der Waals surface area (Å²) in [5, 5.41) is 1.81. The molecule has 0 aliphatic heterocycles. The van der Waals surface area contributed by atoms with Crippen molar-refractivity contribution in [2.75, 3.05) is 5.73 Å². The summed E-state index contributed by atoms with van der Waals surface area (Å²) in [7, 11) is -3.67. The van der Waals surface area contributed by atoms with E-state index in [1.165, 1.54) is 15.7 Å². The monoisotopic (exact) mass is 302 g/mol. The Morgan fingerprint density at radius 3 is 2.79 bits per heavy atom. The molecule has 2 heterocycles. The molecule has 19 heavy (non-hydrogen) atoms. The van der Waals surface area contributed by atoms with Crippen molar-refractivity contribution in [3.63, 3.8) is 0 Å². The molecule has 3 N–H and O–H groups in total. The largest absolute Gasteiger partial charge is 0.381 e. The van der Waals surface area contributed by atoms with Gasteiger partial charge < -0.3 is 5.73 Å². The van der Waals surface area contributed by atoms with Gasteiger partial charge in [0.25, 0.3) is 10.0 Å². The van der Waals surface area contributed by atoms with E-state index in [1.54, 1.807) is 11.6 Å². The van der Waals surface area contributed by atoms with Crippen LogP contribution in [-0.4, -0.2) is 23.8 Å². The van der Waals surface area contributed by atoms with Crippen LogP contribution < -0.4 is 10.5 Å². The van der Waals surface area contributed by atoms with Crippen LogP contribution in [-0.2, 0) is 10.0 Å². The molecule has 0 saturated carbocycles. The Morgan fingerprint density at radius 1 is 1.53 bits per heavy atom. The van der Waals surface area contributed by atoms with Crippen molar-refractivity contribution in [3.8, 4) is 0 Å². The fourth-order valence-electron chi connectivity index (χ4n) is 1.99. The number of nitrogens with one attached hydrogen (secondary N) is 1. The third kappa shape index (κ3) is 2.60. The normalized spacial score (nSPS) is 14.3. The minimum absolute atomic E-state index is 0.0304. The summed E-state index contributed by atoms with van der Waals surface area (Å²) in [5.41, 5.74) is 5.73. The molecule has 0 radical (unpaired) electrons. The molecular formula is C11H18N4O2S2. The van der Waals surface area contributed by atoms with Crippen LogP contribution in [0.5, 0.6) is 0 Å². The van der Waals surface area contributed by atoms with Gasteiger partial charge in [-0.1, -0.05) is 20.8 Å². The van der Waals surface area contributed by atoms with E-state index in [2.05, 4.69) is 9.71 Å². The van der Waals surface area contributed by atoms with Crippen LogP contribution in [0.3, 0.4) is 0 Å². The zero-order chi connectivity index (χ0) is 14.2. The van der Waals surface area contributed by atoms with E-state index in [4.69, 9.17) is 5.73 Å². The average molecular weight is 302 g/mol. The van der Waals surface area contributed by atoms with E-state index >= 15 is 0 Å². The lowest BCUT2D eigenvalue weighted by Gasteiger charge is -2.20. The molecule has 0 saturated heterocycles. The topological polar surface area (TPSA) is 89.5 Å². The van der Waals surface area contributed by atoms with Crippen LogP contribution in [0.15, 0.2) is 16.6 Å². The summed E-state index contributed by atoms with van der Waals surface area (Å²) >= 11 is 1.35. The number of imidazole rings is 1. The van der Waals surface area contributed by atoms with Gasteiger partial charge in [0.2, 0.25) is 0 Å². The van der Waals surface area contributed by atoms with Crippen LogP contribution in [0.4, 0.5) is 5.82 Å². The van der Waals surface area contributed by atoms with Gasteiger partial charge >= 0.3 is 0 Å². The third-order valence-electron chi connectivity index (χ3n) is 3.05. The lowest BCUT2D eigenvalue weighted by atomic mass is 10.0. The number of hydrogen-bond acceptors (Lipinski definition) is 5. The standard InChI is InChI=1S/C11H18N4O2S2/c1-4-8(7(2)3)14-19(16,17)10-9(12)13-11-15(10)5-6-18-11/h5-8,14H,4,12H2,1-3H3. The molecule has 8 heteroatoms. The lowest BCUT2D eigenvalue weighted by molar-refractivity contribution is 0.436. The summed E-state index contributed by atoms with van der Waals surface area (Å²) in [6.45, 7) is 5.92. The summed E-state index contributed by atoms with van der Waals surface area (Å²) < 4.78 is 29.1. The molecule has 0 spiro atoms. The van der Waals surface area contributed by atoms with Crippen LogP contribution in [0.2, 0.25) is 0 Å². The van der Waals surface area contributed by atoms with Crippen molar-refractivity contribution in [1.29, 1.82) is 0 Å². The van der Waals surface area contributed by atoms with E-state index in [1.807, 2.05) is 20.8 Å². The first-order valence-electron chi connectivity index (χ1n) is 6.10. The number of fused-ring (bicyclic) bond motifs is 1. The predicted octanol–water partition coefficient (Wildman–Crippen LogP) is 1.69. The quantitative estimate of drug-likeness (QED) is 0.879. The summed E-state index contributed by atoms with van der Waals surface area (Å²) in [5.74, 6) is 0.254. The summed E-state index contributed by atoms with van der Waals surface area (Å²) in [4.78, 5) is 4.64. The fraction of sp³-hybridized carbons (Fsp3) is 0.545. The van der Waals surface area contributed by atoms with Crippen molar-refractivity contribution in [2.45, 2.75) is 38.3 Å². The smallest absolute Gasteiger partial charge is 0.260 e. The van der Waals surface area contributed by atoms with Gasteiger partial charge in [-0.3, -0.25) is 4.40 Å². The van der Waals surface area contributed by atoms with Crippen molar-refractivity contribution in [3.05, 3.63) is 11.6 Å². The van der Waals surface area contributed by atoms with Crippen molar-refractivity contribution in [1.82, 2.24) is 14.1 Å². The number of sulfonamides is 1. The molecule has 0 amide bonds. The van der Waals surface area contributed by atoms with E-state index in [0.717, 1.165) is 6.42 Å². The first-order valence-corrected chi connectivity index (χ1v) is 8.46. The van der Waals surface area contributed by atoms with E-state index in [-0.39, 0.29) is 22.8 Å². The highest BCUT2D eigenvalue weighted by Gasteiger charge is 2.27. The first-order chi connectivity index (χ1) is 8.86. The number of nitrogens with zero attached hydrogens (tertiary/aromatic N) is 2. The number of rotatable bonds is 5. The minimum atomic E-state index is -3.67. The molecule has 0 aliphatic rings. The van der Waals surface area contributed by atoms with Crippen LogP contribution >= 0.6 is 11.3 Å². The van der Waals surface area contributed by atoms with Gasteiger partial charge in [-0.15, -0.1) is 11.3 Å². The highest BCUT2D eigenvalue weighted by Crippen LogP contribution is 2.24. The first kappa shape index (κ1) is 14.3. The van der Waals surface area contributed by atoms with E-state index in [0.29, 0.717) is 4.96 Å². The highest BCUT2D eigenvalue weighted by atomic mass is 32.2. The van der Waals surface area contributed by atoms with Crippen LogP contribution in [0, 0.1) is 5.92 Å². The third-order valence-corrected chi connectivity index (χ3v) is 5.33. The van der Waals surface area contributed by atoms with Crippen molar-refractivity contribution >= 4 is 32.1 Å². The number of nitrogen functional groups attached to an aromatic ring is 1. The van der Waals surface area contributed by atoms with Gasteiger partial charge in [0, 0.05) is 17.6 Å². The maximum atomic E-state index is 12.5. The molecule has 106 valence electrons. The zero-order valence-corrected chi connectivity index (χ0v) is 12.8. The fourth-order valence-corrected chi connectivity index (χ4v) is 4.45. The molecule has 1 unspecified atom stereocenters. The van der Waals surface area contributed by atoms with Gasteiger partial charge in [0.15, 0.2) is 15.8 Å². The van der Waals surface area contributed by atoms with E-state index < -0.39 is 10.0 Å². The minimum Gasteiger partial charge on any atom is -0.381 e. The molecule has 6 nitrogen and oxygen atoms in total. The molecule has 2 aromatic rings. The molecule has 0 aromatic carbocycles. The second-order valence-corrected chi connectivity index (χ2v) is 7.24. The Hall–Kier alpha value is -1.12. The van der Waals surface area contributed by atoms with Gasteiger partial charge in [0.1, 0.15) is 0 Å². The van der Waals surface area contributed by atoms with Gasteiger partial charge in [-0.2, -0.15) is 0 Å². The molecule has 1 atom stereocenters. The maximum absolute atomic E-state index is 12.5. The lowest BCUT2D eigenvalue weighted by Crippen LogP contribution is -2.38. The molecule has 0 fully saturated rings. The van der Waals surface area contributed by atoms with Gasteiger partial charge in [-0.05, 0) is 12.3 Å². The average Bonchev–Trinajstić information content (AvgIpc) is 2.84. The van der Waals surface area contributed by atoms with Crippen LogP contribution in [0.25, 0.3) is 4.96 Å². The number of anilines is 1. The SMILES string of the molecule is CCC(NS(=O)(=O)c1c(N)nc2sccn12)C(C)C. The molecular weight excluding hydrogens is 284 g/mol. The highest BCUT2D eigenvalue weighted by molar-refractivity contribution is 7.89. The van der Waals surface area contributed by atoms with Crippen molar-refractivity contribution < 1.29 is 8.42 Å². The molecule has 2 rings (SSSR count).